The summed E-state index contributed by atoms with van der Waals surface area (Å²) < 4.78 is 25.9. The predicted octanol–water partition coefficient (Wildman–Crippen LogP) is 2.13. The summed E-state index contributed by atoms with van der Waals surface area (Å²) in [7, 11) is -3.56. The van der Waals surface area contributed by atoms with Crippen LogP contribution in [0.3, 0.4) is 0 Å². The molecule has 0 aromatic heterocycles. The number of nitrogens with two attached hydrogens (primary N) is 1. The van der Waals surface area contributed by atoms with Crippen molar-refractivity contribution in [3.8, 4) is 0 Å². The van der Waals surface area contributed by atoms with Crippen LogP contribution in [0.2, 0.25) is 5.02 Å². The van der Waals surface area contributed by atoms with Gasteiger partial charge in [0.2, 0.25) is 10.0 Å². The first-order valence-corrected chi connectivity index (χ1v) is 7.27. The zero-order valence-corrected chi connectivity index (χ0v) is 11.9. The number of nitrogens with one attached hydrogen (secondary N) is 1. The Bertz CT molecular complexity index is 519. The van der Waals surface area contributed by atoms with E-state index in [1.165, 1.54) is 0 Å². The van der Waals surface area contributed by atoms with Crippen molar-refractivity contribution in [3.63, 3.8) is 0 Å². The number of thiocarbonyl (C=S) groups is 1. The van der Waals surface area contributed by atoms with Gasteiger partial charge in [-0.25, -0.2) is 8.42 Å². The molecule has 0 aliphatic heterocycles. The van der Waals surface area contributed by atoms with Crippen LogP contribution in [0, 0.1) is 0 Å². The molecule has 1 rings (SSSR count). The highest BCUT2D eigenvalue weighted by atomic mass is 79.9. The summed E-state index contributed by atoms with van der Waals surface area (Å²) in [6, 6.07) is 4.70. The van der Waals surface area contributed by atoms with Crippen LogP contribution >= 0.6 is 39.7 Å². The maximum Gasteiger partial charge on any atom is 0.239 e. The highest BCUT2D eigenvalue weighted by Crippen LogP contribution is 2.26. The van der Waals surface area contributed by atoms with Crippen LogP contribution in [0.25, 0.3) is 0 Å². The molecule has 16 heavy (non-hydrogen) atoms. The molecule has 1 aromatic rings. The zero-order valence-electron chi connectivity index (χ0n) is 7.91. The molecule has 0 unspecified atom stereocenters. The maximum atomic E-state index is 11.5. The maximum absolute atomic E-state index is 11.5. The number of hydrogen-bond acceptors (Lipinski definition) is 3. The van der Waals surface area contributed by atoms with Gasteiger partial charge in [-0.1, -0.05) is 23.8 Å². The minimum atomic E-state index is -3.56. The van der Waals surface area contributed by atoms with Crippen LogP contribution in [-0.4, -0.2) is 19.2 Å². The Kier molecular flexibility index (Phi) is 4.54. The second-order valence-electron chi connectivity index (χ2n) is 2.95. The summed E-state index contributed by atoms with van der Waals surface area (Å²) in [5.41, 5.74) is 5.56. The summed E-state index contributed by atoms with van der Waals surface area (Å²) in [6.07, 6.45) is 0. The van der Waals surface area contributed by atoms with E-state index in [9.17, 15) is 8.42 Å². The number of sulfonamides is 1. The highest BCUT2D eigenvalue weighted by Gasteiger charge is 2.13. The summed E-state index contributed by atoms with van der Waals surface area (Å²) in [5.74, 6) is -0.391. The molecule has 8 heteroatoms. The van der Waals surface area contributed by atoms with Gasteiger partial charge in [0.25, 0.3) is 0 Å². The number of benzene rings is 1. The Balaban J connectivity index is 2.92. The first-order chi connectivity index (χ1) is 7.30. The number of rotatable bonds is 4. The van der Waals surface area contributed by atoms with E-state index in [0.29, 0.717) is 15.2 Å². The van der Waals surface area contributed by atoms with Crippen molar-refractivity contribution < 1.29 is 8.42 Å². The van der Waals surface area contributed by atoms with E-state index in [0.717, 1.165) is 0 Å². The Hall–Kier alpha value is -0.370. The lowest BCUT2D eigenvalue weighted by atomic mass is 10.3. The van der Waals surface area contributed by atoms with Gasteiger partial charge in [0.1, 0.15) is 5.75 Å². The summed E-state index contributed by atoms with van der Waals surface area (Å²) in [4.78, 5) is -0.0856. The van der Waals surface area contributed by atoms with E-state index in [-0.39, 0.29) is 4.99 Å². The average Bonchev–Trinajstić information content (AvgIpc) is 2.07. The van der Waals surface area contributed by atoms with Gasteiger partial charge in [0, 0.05) is 9.50 Å². The molecule has 0 radical (unpaired) electrons. The normalized spacial score (nSPS) is 11.1. The number of hydrogen-bond donors (Lipinski definition) is 2. The lowest BCUT2D eigenvalue weighted by Gasteiger charge is -2.09. The smallest absolute Gasteiger partial charge is 0.239 e. The predicted molar refractivity (Wildman–Crippen MR) is 73.3 cm³/mol. The molecule has 0 spiro atoms. The molecule has 0 saturated carbocycles. The molecule has 0 bridgehead atoms. The van der Waals surface area contributed by atoms with Gasteiger partial charge in [-0.15, -0.1) is 0 Å². The standard InChI is InChI=1S/C8H8BrClN2O2S2/c9-6-3-5(10)1-2-7(6)12-16(13,14)4-8(11)15/h1-3,12H,4H2,(H2,11,15). The molecule has 0 saturated heterocycles. The SMILES string of the molecule is NC(=S)CS(=O)(=O)Nc1ccc(Cl)cc1Br. The molecular formula is C8H8BrClN2O2S2. The zero-order chi connectivity index (χ0) is 12.3. The fraction of sp³-hybridized carbons (Fsp3) is 0.125. The molecule has 1 aromatic carbocycles. The van der Waals surface area contributed by atoms with Gasteiger partial charge in [-0.3, -0.25) is 4.72 Å². The van der Waals surface area contributed by atoms with Gasteiger partial charge < -0.3 is 5.73 Å². The van der Waals surface area contributed by atoms with E-state index >= 15 is 0 Å². The van der Waals surface area contributed by atoms with Gasteiger partial charge >= 0.3 is 0 Å². The van der Waals surface area contributed by atoms with Crippen molar-refractivity contribution >= 4 is 60.4 Å². The minimum absolute atomic E-state index is 0.0856. The Morgan fingerprint density at radius 2 is 2.19 bits per heavy atom. The van der Waals surface area contributed by atoms with Gasteiger partial charge in [0.15, 0.2) is 0 Å². The third kappa shape index (κ3) is 4.25. The lowest BCUT2D eigenvalue weighted by molar-refractivity contribution is 0.605. The topological polar surface area (TPSA) is 72.2 Å². The Morgan fingerprint density at radius 1 is 1.56 bits per heavy atom. The van der Waals surface area contributed by atoms with Crippen LogP contribution < -0.4 is 10.5 Å². The van der Waals surface area contributed by atoms with Gasteiger partial charge in [-0.2, -0.15) is 0 Å². The number of anilines is 1. The fourth-order valence-electron chi connectivity index (χ4n) is 0.963. The molecule has 0 aliphatic rings. The van der Waals surface area contributed by atoms with E-state index in [4.69, 9.17) is 17.3 Å². The van der Waals surface area contributed by atoms with E-state index in [2.05, 4.69) is 32.9 Å². The van der Waals surface area contributed by atoms with Crippen molar-refractivity contribution in [1.29, 1.82) is 0 Å². The molecular weight excluding hydrogens is 336 g/mol. The molecule has 0 heterocycles. The fourth-order valence-corrected chi connectivity index (χ4v) is 3.30. The van der Waals surface area contributed by atoms with Gasteiger partial charge in [0.05, 0.1) is 10.7 Å². The van der Waals surface area contributed by atoms with E-state index in [1.807, 2.05) is 0 Å². The molecule has 3 N–H and O–H groups in total. The molecule has 0 atom stereocenters. The van der Waals surface area contributed by atoms with Crippen molar-refractivity contribution in [2.75, 3.05) is 10.5 Å². The van der Waals surface area contributed by atoms with Crippen LogP contribution in [0.4, 0.5) is 5.69 Å². The lowest BCUT2D eigenvalue weighted by Crippen LogP contribution is -2.26. The third-order valence-electron chi connectivity index (χ3n) is 1.53. The molecule has 0 amide bonds. The Labute approximate surface area is 112 Å². The van der Waals surface area contributed by atoms with Crippen molar-refractivity contribution in [3.05, 3.63) is 27.7 Å². The van der Waals surface area contributed by atoms with E-state index < -0.39 is 15.8 Å². The molecule has 0 fully saturated rings. The van der Waals surface area contributed by atoms with E-state index in [1.54, 1.807) is 18.2 Å². The molecule has 88 valence electrons. The number of halogens is 2. The molecule has 4 nitrogen and oxygen atoms in total. The van der Waals surface area contributed by atoms with Crippen molar-refractivity contribution in [1.82, 2.24) is 0 Å². The summed E-state index contributed by atoms with van der Waals surface area (Å²) in [6.45, 7) is 0. The van der Waals surface area contributed by atoms with Crippen LogP contribution in [0.1, 0.15) is 0 Å². The first kappa shape index (κ1) is 13.7. The second kappa shape index (κ2) is 5.31. The first-order valence-electron chi connectivity index (χ1n) is 4.04. The van der Waals surface area contributed by atoms with Crippen LogP contribution in [0.5, 0.6) is 0 Å². The third-order valence-corrected chi connectivity index (χ3v) is 3.97. The highest BCUT2D eigenvalue weighted by molar-refractivity contribution is 9.10. The van der Waals surface area contributed by atoms with Crippen LogP contribution in [0.15, 0.2) is 22.7 Å². The van der Waals surface area contributed by atoms with Crippen molar-refractivity contribution in [2.45, 2.75) is 0 Å². The summed E-state index contributed by atoms with van der Waals surface area (Å²) >= 11 is 13.5. The molecule has 0 aliphatic carbocycles. The van der Waals surface area contributed by atoms with Crippen LogP contribution in [-0.2, 0) is 10.0 Å². The average molecular weight is 344 g/mol. The van der Waals surface area contributed by atoms with Gasteiger partial charge in [-0.05, 0) is 34.1 Å². The minimum Gasteiger partial charge on any atom is -0.392 e. The largest absolute Gasteiger partial charge is 0.392 e. The van der Waals surface area contributed by atoms with Crippen molar-refractivity contribution in [2.24, 2.45) is 5.73 Å². The quantitative estimate of drug-likeness (QED) is 0.822. The second-order valence-corrected chi connectivity index (χ2v) is 6.49. The Morgan fingerprint density at radius 3 is 2.69 bits per heavy atom. The monoisotopic (exact) mass is 342 g/mol. The summed E-state index contributed by atoms with van der Waals surface area (Å²) in [5, 5.41) is 0.504.